The quantitative estimate of drug-likeness (QED) is 0.253. The van der Waals surface area contributed by atoms with Crippen molar-refractivity contribution in [2.75, 3.05) is 12.0 Å². The molecule has 0 unspecified atom stereocenters. The summed E-state index contributed by atoms with van der Waals surface area (Å²) < 4.78 is 8.80. The first kappa shape index (κ1) is 21.1. The third-order valence-electron chi connectivity index (χ3n) is 5.06. The predicted octanol–water partition coefficient (Wildman–Crippen LogP) is 2.73. The van der Waals surface area contributed by atoms with Gasteiger partial charge in [0.2, 0.25) is 5.95 Å². The number of nitrogens with one attached hydrogen (secondary N) is 2. The largest absolute Gasteiger partial charge is 0.494 e. The number of imidazole rings is 1. The number of hydrogen-bond donors (Lipinski definition) is 2. The summed E-state index contributed by atoms with van der Waals surface area (Å²) in [6.07, 6.45) is 0.624. The van der Waals surface area contributed by atoms with Crippen molar-refractivity contribution in [3.05, 3.63) is 87.1 Å². The van der Waals surface area contributed by atoms with Crippen LogP contribution in [0.25, 0.3) is 11.2 Å². The number of para-hydroxylation sites is 1. The zero-order valence-electron chi connectivity index (χ0n) is 17.9. The number of aryl methyl sites for hydroxylation is 2. The zero-order chi connectivity index (χ0) is 22.5. The molecule has 0 atom stereocenters. The lowest BCUT2D eigenvalue weighted by atomic mass is 10.1. The van der Waals surface area contributed by atoms with Gasteiger partial charge in [-0.05, 0) is 31.0 Å². The lowest BCUT2D eigenvalue weighted by Gasteiger charge is -2.10. The van der Waals surface area contributed by atoms with Gasteiger partial charge in [-0.25, -0.2) is 10.2 Å². The van der Waals surface area contributed by atoms with Gasteiger partial charge in [-0.2, -0.15) is 10.1 Å². The molecule has 164 valence electrons. The Kier molecular flexibility index (Phi) is 6.16. The molecule has 9 nitrogen and oxygen atoms in total. The van der Waals surface area contributed by atoms with Crippen LogP contribution in [0, 0.1) is 0 Å². The van der Waals surface area contributed by atoms with Gasteiger partial charge in [0.15, 0.2) is 11.2 Å². The van der Waals surface area contributed by atoms with Gasteiger partial charge in [-0.1, -0.05) is 48.5 Å². The van der Waals surface area contributed by atoms with Crippen molar-refractivity contribution < 1.29 is 4.74 Å². The fraction of sp³-hybridized carbons (Fsp3) is 0.217. The van der Waals surface area contributed by atoms with E-state index < -0.39 is 11.2 Å². The Bertz CT molecular complexity index is 1350. The summed E-state index contributed by atoms with van der Waals surface area (Å²) in [4.78, 5) is 31.4. The molecule has 0 aliphatic carbocycles. The molecular formula is C23H24N6O3. The number of aromatic amines is 1. The number of H-pyrrole nitrogens is 1. The molecule has 32 heavy (non-hydrogen) atoms. The van der Waals surface area contributed by atoms with Gasteiger partial charge in [-0.15, -0.1) is 0 Å². The number of ether oxygens (including phenoxy) is 1. The van der Waals surface area contributed by atoms with Crippen LogP contribution in [-0.2, 0) is 13.6 Å². The molecule has 0 radical (unpaired) electrons. The molecule has 0 fully saturated rings. The molecule has 9 heteroatoms. The van der Waals surface area contributed by atoms with E-state index >= 15 is 0 Å². The molecule has 4 rings (SSSR count). The maximum absolute atomic E-state index is 12.6. The lowest BCUT2D eigenvalue weighted by Crippen LogP contribution is -2.29. The highest BCUT2D eigenvalue weighted by atomic mass is 16.5. The Labute approximate surface area is 184 Å². The van der Waals surface area contributed by atoms with Gasteiger partial charge in [-0.3, -0.25) is 14.3 Å². The van der Waals surface area contributed by atoms with Crippen molar-refractivity contribution in [2.24, 2.45) is 12.1 Å². The number of hydrogen-bond acceptors (Lipinski definition) is 6. The molecule has 0 amide bonds. The summed E-state index contributed by atoms with van der Waals surface area (Å²) in [6, 6.07) is 19.3. The van der Waals surface area contributed by atoms with Gasteiger partial charge >= 0.3 is 5.69 Å². The normalized spacial score (nSPS) is 11.6. The van der Waals surface area contributed by atoms with E-state index in [1.165, 1.54) is 4.57 Å². The van der Waals surface area contributed by atoms with Crippen molar-refractivity contribution in [3.8, 4) is 5.75 Å². The first-order chi connectivity index (χ1) is 15.5. The minimum atomic E-state index is -0.518. The smallest absolute Gasteiger partial charge is 0.329 e. The summed E-state index contributed by atoms with van der Waals surface area (Å²) in [5, 5.41) is 4.43. The third kappa shape index (κ3) is 4.46. The zero-order valence-corrected chi connectivity index (χ0v) is 17.9. The van der Waals surface area contributed by atoms with Crippen LogP contribution >= 0.6 is 0 Å². The summed E-state index contributed by atoms with van der Waals surface area (Å²) >= 11 is 0. The number of anilines is 1. The minimum absolute atomic E-state index is 0.290. The van der Waals surface area contributed by atoms with Gasteiger partial charge in [0.25, 0.3) is 5.56 Å². The number of benzene rings is 2. The van der Waals surface area contributed by atoms with Crippen molar-refractivity contribution in [1.29, 1.82) is 0 Å². The molecular weight excluding hydrogens is 408 g/mol. The Morgan fingerprint density at radius 1 is 1.09 bits per heavy atom. The lowest BCUT2D eigenvalue weighted by molar-refractivity contribution is 0.303. The summed E-state index contributed by atoms with van der Waals surface area (Å²) in [5.74, 6) is 1.16. The first-order valence-corrected chi connectivity index (χ1v) is 10.3. The maximum atomic E-state index is 12.6. The SMILES string of the molecule is CC(=NNc1nc2c(c(=O)[nH]c(=O)n2C)n1CCCOc1ccccc1)c1ccccc1. The van der Waals surface area contributed by atoms with E-state index in [2.05, 4.69) is 20.5 Å². The van der Waals surface area contributed by atoms with E-state index in [9.17, 15) is 9.59 Å². The molecule has 0 saturated carbocycles. The Morgan fingerprint density at radius 2 is 1.78 bits per heavy atom. The summed E-state index contributed by atoms with van der Waals surface area (Å²) in [6.45, 7) is 2.79. The molecule has 2 aromatic carbocycles. The van der Waals surface area contributed by atoms with Gasteiger partial charge in [0, 0.05) is 13.6 Å². The fourth-order valence-corrected chi connectivity index (χ4v) is 3.34. The summed E-state index contributed by atoms with van der Waals surface area (Å²) in [5.41, 5.74) is 4.28. The molecule has 2 heterocycles. The molecule has 2 aromatic heterocycles. The van der Waals surface area contributed by atoms with E-state index in [0.29, 0.717) is 31.0 Å². The van der Waals surface area contributed by atoms with Crippen LogP contribution in [0.2, 0.25) is 0 Å². The Hall–Kier alpha value is -4.14. The Balaban J connectivity index is 1.62. The van der Waals surface area contributed by atoms with Crippen LogP contribution < -0.4 is 21.4 Å². The topological polar surface area (TPSA) is 106 Å². The average Bonchev–Trinajstić information content (AvgIpc) is 3.19. The highest BCUT2D eigenvalue weighted by Crippen LogP contribution is 2.17. The van der Waals surface area contributed by atoms with E-state index in [0.717, 1.165) is 17.0 Å². The highest BCUT2D eigenvalue weighted by molar-refractivity contribution is 5.99. The molecule has 0 saturated heterocycles. The van der Waals surface area contributed by atoms with E-state index in [1.807, 2.05) is 67.6 Å². The second-order valence-corrected chi connectivity index (χ2v) is 7.27. The van der Waals surface area contributed by atoms with E-state index in [-0.39, 0.29) is 5.65 Å². The minimum Gasteiger partial charge on any atom is -0.494 e. The number of rotatable bonds is 8. The summed E-state index contributed by atoms with van der Waals surface area (Å²) in [7, 11) is 1.57. The van der Waals surface area contributed by atoms with Crippen molar-refractivity contribution in [1.82, 2.24) is 19.1 Å². The molecule has 0 bridgehead atoms. The van der Waals surface area contributed by atoms with Crippen LogP contribution in [-0.4, -0.2) is 31.4 Å². The maximum Gasteiger partial charge on any atom is 0.329 e. The van der Waals surface area contributed by atoms with Crippen molar-refractivity contribution in [3.63, 3.8) is 0 Å². The molecule has 4 aromatic rings. The fourth-order valence-electron chi connectivity index (χ4n) is 3.34. The van der Waals surface area contributed by atoms with E-state index in [1.54, 1.807) is 11.6 Å². The number of hydrazone groups is 1. The van der Waals surface area contributed by atoms with Crippen LogP contribution in [0.4, 0.5) is 5.95 Å². The monoisotopic (exact) mass is 432 g/mol. The number of fused-ring (bicyclic) bond motifs is 1. The first-order valence-electron chi connectivity index (χ1n) is 10.3. The van der Waals surface area contributed by atoms with Crippen molar-refractivity contribution in [2.45, 2.75) is 19.9 Å². The average molecular weight is 432 g/mol. The third-order valence-corrected chi connectivity index (χ3v) is 5.06. The van der Waals surface area contributed by atoms with Crippen LogP contribution in [0.5, 0.6) is 5.75 Å². The van der Waals surface area contributed by atoms with Gasteiger partial charge in [0.1, 0.15) is 5.75 Å². The molecule has 0 spiro atoms. The molecule has 0 aliphatic heterocycles. The number of aromatic nitrogens is 4. The standard InChI is InChI=1S/C23H24N6O3/c1-16(17-10-5-3-6-11-17)26-27-22-24-20-19(21(30)25-23(31)28(20)2)29(22)14-9-15-32-18-12-7-4-8-13-18/h3-8,10-13H,9,14-15H2,1-2H3,(H,24,27)(H,25,30,31). The van der Waals surface area contributed by atoms with Crippen molar-refractivity contribution >= 4 is 22.8 Å². The molecule has 2 N–H and O–H groups in total. The molecule has 0 aliphatic rings. The predicted molar refractivity (Wildman–Crippen MR) is 124 cm³/mol. The van der Waals surface area contributed by atoms with Crippen LogP contribution in [0.3, 0.4) is 0 Å². The second kappa shape index (κ2) is 9.34. The van der Waals surface area contributed by atoms with E-state index in [4.69, 9.17) is 4.74 Å². The van der Waals surface area contributed by atoms with Crippen LogP contribution in [0.15, 0.2) is 75.4 Å². The van der Waals surface area contributed by atoms with Gasteiger partial charge < -0.3 is 9.30 Å². The van der Waals surface area contributed by atoms with Crippen LogP contribution in [0.1, 0.15) is 18.9 Å². The Morgan fingerprint density at radius 3 is 2.50 bits per heavy atom. The second-order valence-electron chi connectivity index (χ2n) is 7.27. The van der Waals surface area contributed by atoms with Gasteiger partial charge in [0.05, 0.1) is 12.3 Å². The number of nitrogens with zero attached hydrogens (tertiary/aromatic N) is 4. The highest BCUT2D eigenvalue weighted by Gasteiger charge is 2.17.